The predicted octanol–water partition coefficient (Wildman–Crippen LogP) is 2.80. The third-order valence-electron chi connectivity index (χ3n) is 3.11. The minimum absolute atomic E-state index is 0.265. The number of carbonyl (C=O) groups is 1. The van der Waals surface area contributed by atoms with Gasteiger partial charge in [0.05, 0.1) is 4.88 Å². The zero-order chi connectivity index (χ0) is 14.5. The molecule has 1 amide bonds. The number of para-hydroxylation sites is 1. The number of hydrogen-bond donors (Lipinski definition) is 2. The van der Waals surface area contributed by atoms with Crippen LogP contribution in [0.5, 0.6) is 5.75 Å². The first-order chi connectivity index (χ1) is 9.65. The summed E-state index contributed by atoms with van der Waals surface area (Å²) in [7, 11) is 0. The van der Waals surface area contributed by atoms with Crippen LogP contribution in [0.15, 0.2) is 30.3 Å². The van der Waals surface area contributed by atoms with Crippen molar-refractivity contribution in [3.63, 3.8) is 0 Å². The fourth-order valence-corrected chi connectivity index (χ4v) is 2.87. The minimum Gasteiger partial charge on any atom is -0.489 e. The second kappa shape index (κ2) is 6.54. The number of benzene rings is 1. The van der Waals surface area contributed by atoms with E-state index in [0.717, 1.165) is 22.6 Å². The maximum absolute atomic E-state index is 11.5. The van der Waals surface area contributed by atoms with Gasteiger partial charge in [-0.15, -0.1) is 11.3 Å². The summed E-state index contributed by atoms with van der Waals surface area (Å²) in [6.07, 6.45) is 0.930. The lowest BCUT2D eigenvalue weighted by Gasteiger charge is -2.09. The molecule has 3 N–H and O–H groups in total. The first-order valence-corrected chi connectivity index (χ1v) is 7.28. The van der Waals surface area contributed by atoms with Gasteiger partial charge in [-0.3, -0.25) is 10.2 Å². The number of hydrazine groups is 1. The average Bonchev–Trinajstić information content (AvgIpc) is 2.85. The monoisotopic (exact) mass is 290 g/mol. The van der Waals surface area contributed by atoms with Crippen molar-refractivity contribution in [1.29, 1.82) is 0 Å². The summed E-state index contributed by atoms with van der Waals surface area (Å²) >= 11 is 1.42. The molecular weight excluding hydrogens is 272 g/mol. The van der Waals surface area contributed by atoms with Crippen LogP contribution >= 0.6 is 11.3 Å². The Hall–Kier alpha value is -1.85. The Bertz CT molecular complexity index is 608. The van der Waals surface area contributed by atoms with Crippen molar-refractivity contribution in [2.75, 3.05) is 0 Å². The number of nitrogens with one attached hydrogen (secondary N) is 1. The van der Waals surface area contributed by atoms with Gasteiger partial charge in [0.1, 0.15) is 12.4 Å². The highest BCUT2D eigenvalue weighted by molar-refractivity contribution is 7.14. The van der Waals surface area contributed by atoms with Crippen molar-refractivity contribution in [1.82, 2.24) is 5.43 Å². The quantitative estimate of drug-likeness (QED) is 0.505. The molecule has 2 aromatic rings. The van der Waals surface area contributed by atoms with Gasteiger partial charge in [0.25, 0.3) is 5.91 Å². The van der Waals surface area contributed by atoms with Gasteiger partial charge in [-0.25, -0.2) is 5.84 Å². The van der Waals surface area contributed by atoms with Crippen LogP contribution < -0.4 is 16.0 Å². The van der Waals surface area contributed by atoms with E-state index in [1.165, 1.54) is 16.9 Å². The Morgan fingerprint density at radius 1 is 1.35 bits per heavy atom. The summed E-state index contributed by atoms with van der Waals surface area (Å²) in [5.41, 5.74) is 4.34. The Morgan fingerprint density at radius 2 is 2.10 bits per heavy atom. The average molecular weight is 290 g/mol. The summed E-state index contributed by atoms with van der Waals surface area (Å²) < 4.78 is 5.87. The molecule has 20 heavy (non-hydrogen) atoms. The Kier molecular flexibility index (Phi) is 4.76. The summed E-state index contributed by atoms with van der Waals surface area (Å²) in [4.78, 5) is 13.2. The largest absolute Gasteiger partial charge is 0.489 e. The second-order valence-electron chi connectivity index (χ2n) is 4.42. The number of ether oxygens (including phenoxy) is 1. The van der Waals surface area contributed by atoms with Crippen LogP contribution in [0.3, 0.4) is 0 Å². The lowest BCUT2D eigenvalue weighted by molar-refractivity contribution is 0.0957. The number of nitrogen functional groups attached to an aromatic ring is 1. The Morgan fingerprint density at radius 3 is 2.80 bits per heavy atom. The van der Waals surface area contributed by atoms with Crippen LogP contribution in [0.1, 0.15) is 32.6 Å². The smallest absolute Gasteiger partial charge is 0.275 e. The highest BCUT2D eigenvalue weighted by atomic mass is 32.1. The molecule has 0 saturated heterocycles. The molecule has 1 aromatic carbocycles. The fourth-order valence-electron chi connectivity index (χ4n) is 1.94. The van der Waals surface area contributed by atoms with Gasteiger partial charge >= 0.3 is 0 Å². The van der Waals surface area contributed by atoms with Gasteiger partial charge in [-0.1, -0.05) is 25.1 Å². The fraction of sp³-hybridized carbons (Fsp3) is 0.267. The van der Waals surface area contributed by atoms with Crippen LogP contribution in [-0.4, -0.2) is 5.91 Å². The molecule has 0 aliphatic heterocycles. The van der Waals surface area contributed by atoms with Crippen LogP contribution in [0, 0.1) is 6.92 Å². The van der Waals surface area contributed by atoms with Gasteiger partial charge in [-0.2, -0.15) is 0 Å². The van der Waals surface area contributed by atoms with E-state index in [1.54, 1.807) is 0 Å². The number of rotatable bonds is 5. The molecule has 0 aliphatic carbocycles. The third kappa shape index (κ3) is 3.18. The summed E-state index contributed by atoms with van der Waals surface area (Å²) in [6, 6.07) is 9.82. The molecule has 0 unspecified atom stereocenters. The summed E-state index contributed by atoms with van der Waals surface area (Å²) in [5, 5.41) is 0. The number of thiophene rings is 1. The molecule has 0 saturated carbocycles. The van der Waals surface area contributed by atoms with Gasteiger partial charge in [0, 0.05) is 10.4 Å². The zero-order valence-corrected chi connectivity index (χ0v) is 12.4. The van der Waals surface area contributed by atoms with Gasteiger partial charge in [0.2, 0.25) is 0 Å². The minimum atomic E-state index is -0.265. The van der Waals surface area contributed by atoms with E-state index in [-0.39, 0.29) is 5.91 Å². The van der Waals surface area contributed by atoms with Crippen molar-refractivity contribution in [2.45, 2.75) is 26.9 Å². The van der Waals surface area contributed by atoms with Gasteiger partial charge in [-0.05, 0) is 31.0 Å². The van der Waals surface area contributed by atoms with E-state index in [4.69, 9.17) is 10.6 Å². The van der Waals surface area contributed by atoms with Crippen molar-refractivity contribution in [2.24, 2.45) is 5.84 Å². The molecular formula is C15H18N2O2S. The van der Waals surface area contributed by atoms with Crippen LogP contribution in [-0.2, 0) is 13.0 Å². The van der Waals surface area contributed by atoms with Gasteiger partial charge in [0.15, 0.2) is 0 Å². The first-order valence-electron chi connectivity index (χ1n) is 6.46. The standard InChI is InChI=1S/C15H18N2O2S/c1-3-11-6-4-5-7-13(11)19-9-12-8-14(15(18)17-16)20-10(12)2/h4-8H,3,9,16H2,1-2H3,(H,17,18). The van der Waals surface area contributed by atoms with E-state index in [1.807, 2.05) is 31.2 Å². The maximum Gasteiger partial charge on any atom is 0.275 e. The molecule has 0 aliphatic rings. The molecule has 1 heterocycles. The van der Waals surface area contributed by atoms with Crippen molar-refractivity contribution in [3.8, 4) is 5.75 Å². The first kappa shape index (κ1) is 14.6. The SMILES string of the molecule is CCc1ccccc1OCc1cc(C(=O)NN)sc1C. The molecule has 0 spiro atoms. The maximum atomic E-state index is 11.5. The van der Waals surface area contributed by atoms with E-state index >= 15 is 0 Å². The number of nitrogens with two attached hydrogens (primary N) is 1. The summed E-state index contributed by atoms with van der Waals surface area (Å²) in [5.74, 6) is 5.77. The highest BCUT2D eigenvalue weighted by Gasteiger charge is 2.12. The van der Waals surface area contributed by atoms with Crippen LogP contribution in [0.25, 0.3) is 0 Å². The number of carbonyl (C=O) groups excluding carboxylic acids is 1. The Labute approximate surface area is 122 Å². The lowest BCUT2D eigenvalue weighted by Crippen LogP contribution is -2.29. The third-order valence-corrected chi connectivity index (χ3v) is 4.20. The van der Waals surface area contributed by atoms with Crippen LogP contribution in [0.4, 0.5) is 0 Å². The zero-order valence-electron chi connectivity index (χ0n) is 11.6. The van der Waals surface area contributed by atoms with E-state index < -0.39 is 0 Å². The van der Waals surface area contributed by atoms with Crippen LogP contribution in [0.2, 0.25) is 0 Å². The molecule has 5 heteroatoms. The summed E-state index contributed by atoms with van der Waals surface area (Å²) in [6.45, 7) is 4.53. The molecule has 0 fully saturated rings. The Balaban J connectivity index is 2.11. The highest BCUT2D eigenvalue weighted by Crippen LogP contribution is 2.25. The molecule has 1 aromatic heterocycles. The van der Waals surface area contributed by atoms with E-state index in [9.17, 15) is 4.79 Å². The molecule has 0 atom stereocenters. The van der Waals surface area contributed by atoms with Gasteiger partial charge < -0.3 is 4.74 Å². The van der Waals surface area contributed by atoms with E-state index in [2.05, 4.69) is 18.4 Å². The molecule has 0 radical (unpaired) electrons. The van der Waals surface area contributed by atoms with E-state index in [0.29, 0.717) is 11.5 Å². The molecule has 4 nitrogen and oxygen atoms in total. The topological polar surface area (TPSA) is 64.3 Å². The molecule has 106 valence electrons. The number of amides is 1. The second-order valence-corrected chi connectivity index (χ2v) is 5.67. The lowest BCUT2D eigenvalue weighted by atomic mass is 10.1. The number of hydrogen-bond acceptors (Lipinski definition) is 4. The molecule has 2 rings (SSSR count). The number of aryl methyl sites for hydroxylation is 2. The van der Waals surface area contributed by atoms with Crippen molar-refractivity contribution < 1.29 is 9.53 Å². The molecule has 0 bridgehead atoms. The normalized spacial score (nSPS) is 10.3. The predicted molar refractivity (Wildman–Crippen MR) is 80.9 cm³/mol. The van der Waals surface area contributed by atoms with Crippen molar-refractivity contribution >= 4 is 17.2 Å². The van der Waals surface area contributed by atoms with Crippen molar-refractivity contribution in [3.05, 3.63) is 51.2 Å².